The number of hydrogen-bond acceptors (Lipinski definition) is 4. The summed E-state index contributed by atoms with van der Waals surface area (Å²) in [4.78, 5) is 5.15. The van der Waals surface area contributed by atoms with Crippen LogP contribution in [0, 0.1) is 25.2 Å². The maximum atomic E-state index is 8.85. The molecule has 0 aliphatic heterocycles. The molecule has 0 aromatic heterocycles. The van der Waals surface area contributed by atoms with Crippen LogP contribution in [-0.2, 0) is 0 Å². The van der Waals surface area contributed by atoms with Crippen LogP contribution < -0.4 is 15.9 Å². The molecule has 0 heterocycles. The third-order valence-electron chi connectivity index (χ3n) is 1.89. The average molecular weight is 191 g/mol. The van der Waals surface area contributed by atoms with E-state index < -0.39 is 0 Å². The highest BCUT2D eigenvalue weighted by Gasteiger charge is 2.04. The Bertz CT molecular complexity index is 345. The molecule has 1 aromatic rings. The number of nitrogens with zero attached hydrogens (tertiary/aromatic N) is 1. The Balaban J connectivity index is 2.97. The predicted octanol–water partition coefficient (Wildman–Crippen LogP) is 1.19. The maximum absolute atomic E-state index is 8.85. The normalized spacial score (nSPS) is 9.57. The van der Waals surface area contributed by atoms with Crippen LogP contribution in [-0.4, -0.2) is 7.05 Å². The molecule has 1 rings (SSSR count). The fourth-order valence-corrected chi connectivity index (χ4v) is 1.27. The molecule has 4 heteroatoms. The summed E-state index contributed by atoms with van der Waals surface area (Å²) in [6.07, 6.45) is 0. The minimum absolute atomic E-state index is 0.688. The predicted molar refractivity (Wildman–Crippen MR) is 53.5 cm³/mol. The highest BCUT2D eigenvalue weighted by Crippen LogP contribution is 2.20. The summed E-state index contributed by atoms with van der Waals surface area (Å²) in [7, 11) is 1.71. The van der Waals surface area contributed by atoms with Gasteiger partial charge in [-0.2, -0.15) is 5.26 Å². The second-order valence-electron chi connectivity index (χ2n) is 3.00. The van der Waals surface area contributed by atoms with E-state index in [0.29, 0.717) is 11.3 Å². The van der Waals surface area contributed by atoms with Crippen molar-refractivity contribution < 1.29 is 4.84 Å². The maximum Gasteiger partial charge on any atom is 0.149 e. The van der Waals surface area contributed by atoms with Crippen molar-refractivity contribution in [1.82, 2.24) is 11.0 Å². The summed E-state index contributed by atoms with van der Waals surface area (Å²) >= 11 is 0. The van der Waals surface area contributed by atoms with Crippen LogP contribution in [0.5, 0.6) is 5.75 Å². The third kappa shape index (κ3) is 2.22. The summed E-state index contributed by atoms with van der Waals surface area (Å²) in [6.45, 7) is 3.77. The van der Waals surface area contributed by atoms with Crippen LogP contribution in [0.25, 0.3) is 0 Å². The van der Waals surface area contributed by atoms with E-state index in [1.54, 1.807) is 7.05 Å². The van der Waals surface area contributed by atoms with E-state index >= 15 is 0 Å². The van der Waals surface area contributed by atoms with Crippen molar-refractivity contribution in [2.75, 3.05) is 7.05 Å². The zero-order valence-electron chi connectivity index (χ0n) is 8.51. The lowest BCUT2D eigenvalue weighted by Crippen LogP contribution is -2.30. The Kier molecular flexibility index (Phi) is 3.46. The molecule has 0 saturated carbocycles. The van der Waals surface area contributed by atoms with Gasteiger partial charge in [-0.25, -0.2) is 5.43 Å². The van der Waals surface area contributed by atoms with Crippen molar-refractivity contribution in [3.63, 3.8) is 0 Å². The quantitative estimate of drug-likeness (QED) is 0.705. The number of nitriles is 1. The molecular weight excluding hydrogens is 178 g/mol. The first-order valence-electron chi connectivity index (χ1n) is 4.29. The van der Waals surface area contributed by atoms with Crippen molar-refractivity contribution in [2.45, 2.75) is 13.8 Å². The molecule has 0 unspecified atom stereocenters. The van der Waals surface area contributed by atoms with Crippen molar-refractivity contribution in [1.29, 1.82) is 5.26 Å². The number of hydrogen-bond donors (Lipinski definition) is 2. The molecule has 0 atom stereocenters. The lowest BCUT2D eigenvalue weighted by molar-refractivity contribution is 0.160. The van der Waals surface area contributed by atoms with E-state index in [4.69, 9.17) is 10.1 Å². The molecule has 0 saturated heterocycles. The van der Waals surface area contributed by atoms with Crippen molar-refractivity contribution in [2.24, 2.45) is 0 Å². The van der Waals surface area contributed by atoms with Gasteiger partial charge in [0.05, 0.1) is 11.6 Å². The molecule has 0 amide bonds. The van der Waals surface area contributed by atoms with Gasteiger partial charge in [0.25, 0.3) is 0 Å². The molecule has 0 radical (unpaired) electrons. The standard InChI is InChI=1S/C10H13N3O/c1-7-4-9(14-13-12-3)5-8(2)10(7)6-11/h4-5,12-13H,1-3H3. The smallest absolute Gasteiger partial charge is 0.149 e. The van der Waals surface area contributed by atoms with Crippen molar-refractivity contribution in [3.05, 3.63) is 28.8 Å². The Morgan fingerprint density at radius 2 is 1.86 bits per heavy atom. The van der Waals surface area contributed by atoms with E-state index in [9.17, 15) is 0 Å². The van der Waals surface area contributed by atoms with Crippen LogP contribution in [0.4, 0.5) is 0 Å². The van der Waals surface area contributed by atoms with E-state index in [2.05, 4.69) is 17.1 Å². The number of hydrazine groups is 1. The second kappa shape index (κ2) is 4.61. The summed E-state index contributed by atoms with van der Waals surface area (Å²) in [6, 6.07) is 5.79. The average Bonchev–Trinajstić information content (AvgIpc) is 2.14. The van der Waals surface area contributed by atoms with Gasteiger partial charge in [-0.1, -0.05) is 5.59 Å². The SMILES string of the molecule is CNNOc1cc(C)c(C#N)c(C)c1. The van der Waals surface area contributed by atoms with Crippen LogP contribution in [0.1, 0.15) is 16.7 Å². The monoisotopic (exact) mass is 191 g/mol. The summed E-state index contributed by atoms with van der Waals surface area (Å²) in [5.74, 6) is 0.688. The van der Waals surface area contributed by atoms with Gasteiger partial charge in [-0.15, -0.1) is 0 Å². The molecule has 14 heavy (non-hydrogen) atoms. The topological polar surface area (TPSA) is 57.1 Å². The Morgan fingerprint density at radius 1 is 1.29 bits per heavy atom. The van der Waals surface area contributed by atoms with E-state index in [1.165, 1.54) is 0 Å². The van der Waals surface area contributed by atoms with Crippen molar-refractivity contribution >= 4 is 0 Å². The first-order chi connectivity index (χ1) is 6.69. The van der Waals surface area contributed by atoms with Crippen LogP contribution >= 0.6 is 0 Å². The number of aryl methyl sites for hydroxylation is 2. The van der Waals surface area contributed by atoms with Crippen LogP contribution in [0.15, 0.2) is 12.1 Å². The lowest BCUT2D eigenvalue weighted by Gasteiger charge is -2.08. The zero-order chi connectivity index (χ0) is 10.6. The number of benzene rings is 1. The van der Waals surface area contributed by atoms with Crippen molar-refractivity contribution in [3.8, 4) is 11.8 Å². The number of rotatable bonds is 3. The second-order valence-corrected chi connectivity index (χ2v) is 3.00. The minimum atomic E-state index is 0.688. The summed E-state index contributed by atoms with van der Waals surface area (Å²) in [5, 5.41) is 8.85. The molecule has 0 bridgehead atoms. The Morgan fingerprint density at radius 3 is 2.29 bits per heavy atom. The Hall–Kier alpha value is -1.57. The fraction of sp³-hybridized carbons (Fsp3) is 0.300. The molecule has 0 spiro atoms. The Labute approximate surface area is 83.4 Å². The molecular formula is C10H13N3O. The first kappa shape index (κ1) is 10.5. The van der Waals surface area contributed by atoms with E-state index in [-0.39, 0.29) is 0 Å². The minimum Gasteiger partial charge on any atom is -0.394 e. The van der Waals surface area contributed by atoms with Gasteiger partial charge >= 0.3 is 0 Å². The summed E-state index contributed by atoms with van der Waals surface area (Å²) < 4.78 is 0. The fourth-order valence-electron chi connectivity index (χ4n) is 1.27. The van der Waals surface area contributed by atoms with Gasteiger partial charge in [0.2, 0.25) is 0 Å². The molecule has 74 valence electrons. The van der Waals surface area contributed by atoms with Gasteiger partial charge in [-0.3, -0.25) is 0 Å². The van der Waals surface area contributed by atoms with Gasteiger partial charge in [0.1, 0.15) is 5.75 Å². The highest BCUT2D eigenvalue weighted by atomic mass is 16.7. The van der Waals surface area contributed by atoms with Gasteiger partial charge in [0, 0.05) is 7.05 Å². The van der Waals surface area contributed by atoms with Crippen LogP contribution in [0.2, 0.25) is 0 Å². The molecule has 0 aliphatic rings. The van der Waals surface area contributed by atoms with Gasteiger partial charge in [-0.05, 0) is 37.1 Å². The third-order valence-corrected chi connectivity index (χ3v) is 1.89. The zero-order valence-corrected chi connectivity index (χ0v) is 8.51. The lowest BCUT2D eigenvalue weighted by atomic mass is 10.0. The van der Waals surface area contributed by atoms with E-state index in [1.807, 2.05) is 26.0 Å². The summed E-state index contributed by atoms with van der Waals surface area (Å²) in [5.41, 5.74) is 7.71. The van der Waals surface area contributed by atoms with Crippen LogP contribution in [0.3, 0.4) is 0 Å². The molecule has 4 nitrogen and oxygen atoms in total. The van der Waals surface area contributed by atoms with Gasteiger partial charge in [0.15, 0.2) is 0 Å². The molecule has 1 aromatic carbocycles. The molecule has 0 fully saturated rings. The molecule has 0 aliphatic carbocycles. The first-order valence-corrected chi connectivity index (χ1v) is 4.29. The van der Waals surface area contributed by atoms with E-state index in [0.717, 1.165) is 11.1 Å². The molecule has 2 N–H and O–H groups in total. The van der Waals surface area contributed by atoms with Gasteiger partial charge < -0.3 is 4.84 Å². The number of nitrogens with one attached hydrogen (secondary N) is 2. The largest absolute Gasteiger partial charge is 0.394 e. The highest BCUT2D eigenvalue weighted by molar-refractivity contribution is 5.47.